The number of aromatic nitrogens is 2. The molecule has 5 aromatic rings. The SMILES string of the molecule is COc1ccc(-n2c(SCC(=O)Nc3ccc(OCc4ccccc4)cc3)nc3ccccc3c2=O)cc1. The monoisotopic (exact) mass is 523 g/mol. The summed E-state index contributed by atoms with van der Waals surface area (Å²) in [6, 6.07) is 31.5. The highest BCUT2D eigenvalue weighted by molar-refractivity contribution is 7.99. The van der Waals surface area contributed by atoms with E-state index in [9.17, 15) is 9.59 Å². The van der Waals surface area contributed by atoms with Crippen molar-refractivity contribution in [3.05, 3.63) is 119 Å². The summed E-state index contributed by atoms with van der Waals surface area (Å²) < 4.78 is 12.6. The largest absolute Gasteiger partial charge is 0.497 e. The minimum absolute atomic E-state index is 0.0766. The van der Waals surface area contributed by atoms with Gasteiger partial charge in [-0.25, -0.2) is 4.98 Å². The lowest BCUT2D eigenvalue weighted by Crippen LogP contribution is -2.23. The van der Waals surface area contributed by atoms with Gasteiger partial charge in [-0.05, 0) is 66.2 Å². The van der Waals surface area contributed by atoms with Gasteiger partial charge in [0.2, 0.25) is 5.91 Å². The van der Waals surface area contributed by atoms with Crippen molar-refractivity contribution in [3.63, 3.8) is 0 Å². The number of fused-ring (bicyclic) bond motifs is 1. The highest BCUT2D eigenvalue weighted by atomic mass is 32.2. The van der Waals surface area contributed by atoms with Crippen LogP contribution in [0.4, 0.5) is 5.69 Å². The van der Waals surface area contributed by atoms with Crippen LogP contribution in [0.2, 0.25) is 0 Å². The number of thioether (sulfide) groups is 1. The summed E-state index contributed by atoms with van der Waals surface area (Å²) in [4.78, 5) is 30.8. The molecular formula is C30H25N3O4S. The number of methoxy groups -OCH3 is 1. The molecule has 0 unspecified atom stereocenters. The number of hydrogen-bond acceptors (Lipinski definition) is 6. The van der Waals surface area contributed by atoms with Crippen molar-refractivity contribution in [1.82, 2.24) is 9.55 Å². The van der Waals surface area contributed by atoms with E-state index in [1.165, 1.54) is 16.3 Å². The summed E-state index contributed by atoms with van der Waals surface area (Å²) >= 11 is 1.20. The molecule has 1 aromatic heterocycles. The van der Waals surface area contributed by atoms with E-state index < -0.39 is 0 Å². The second-order valence-electron chi connectivity index (χ2n) is 8.39. The number of nitrogens with one attached hydrogen (secondary N) is 1. The maximum Gasteiger partial charge on any atom is 0.266 e. The molecule has 1 N–H and O–H groups in total. The Morgan fingerprint density at radius 3 is 2.29 bits per heavy atom. The summed E-state index contributed by atoms with van der Waals surface area (Å²) in [5, 5.41) is 3.83. The fraction of sp³-hybridized carbons (Fsp3) is 0.100. The molecule has 1 amide bonds. The van der Waals surface area contributed by atoms with Crippen molar-refractivity contribution in [2.24, 2.45) is 0 Å². The van der Waals surface area contributed by atoms with Gasteiger partial charge in [0, 0.05) is 5.69 Å². The highest BCUT2D eigenvalue weighted by Gasteiger charge is 2.15. The number of amides is 1. The van der Waals surface area contributed by atoms with Gasteiger partial charge in [0.1, 0.15) is 18.1 Å². The molecule has 0 fully saturated rings. The van der Waals surface area contributed by atoms with E-state index in [1.807, 2.05) is 54.6 Å². The van der Waals surface area contributed by atoms with E-state index >= 15 is 0 Å². The van der Waals surface area contributed by atoms with Crippen molar-refractivity contribution in [1.29, 1.82) is 0 Å². The molecule has 0 aliphatic rings. The number of hydrogen-bond donors (Lipinski definition) is 1. The van der Waals surface area contributed by atoms with E-state index in [0.29, 0.717) is 45.5 Å². The molecule has 0 saturated heterocycles. The van der Waals surface area contributed by atoms with Gasteiger partial charge in [0.05, 0.1) is 29.5 Å². The first-order valence-electron chi connectivity index (χ1n) is 12.0. The Morgan fingerprint density at radius 1 is 0.868 bits per heavy atom. The quantitative estimate of drug-likeness (QED) is 0.197. The predicted octanol–water partition coefficient (Wildman–Crippen LogP) is 5.70. The lowest BCUT2D eigenvalue weighted by atomic mass is 10.2. The molecule has 190 valence electrons. The van der Waals surface area contributed by atoms with Crippen molar-refractivity contribution in [3.8, 4) is 17.2 Å². The zero-order chi connectivity index (χ0) is 26.3. The molecule has 0 spiro atoms. The lowest BCUT2D eigenvalue weighted by Gasteiger charge is -2.14. The summed E-state index contributed by atoms with van der Waals surface area (Å²) in [5.41, 5.74) is 2.76. The summed E-state index contributed by atoms with van der Waals surface area (Å²) in [6.07, 6.45) is 0. The molecule has 0 aliphatic heterocycles. The van der Waals surface area contributed by atoms with Crippen LogP contribution >= 0.6 is 11.8 Å². The van der Waals surface area contributed by atoms with Crippen LogP contribution in [0, 0.1) is 0 Å². The minimum atomic E-state index is -0.211. The Kier molecular flexibility index (Phi) is 7.70. The molecule has 8 heteroatoms. The number of carbonyl (C=O) groups excluding carboxylic acids is 1. The number of benzene rings is 4. The molecule has 0 aliphatic carbocycles. The Balaban J connectivity index is 1.29. The third-order valence-electron chi connectivity index (χ3n) is 5.79. The fourth-order valence-corrected chi connectivity index (χ4v) is 4.68. The third-order valence-corrected chi connectivity index (χ3v) is 6.73. The molecule has 4 aromatic carbocycles. The average Bonchev–Trinajstić information content (AvgIpc) is 2.96. The fourth-order valence-electron chi connectivity index (χ4n) is 3.87. The van der Waals surface area contributed by atoms with Gasteiger partial charge < -0.3 is 14.8 Å². The van der Waals surface area contributed by atoms with Crippen molar-refractivity contribution in [2.75, 3.05) is 18.2 Å². The Morgan fingerprint density at radius 2 is 1.55 bits per heavy atom. The zero-order valence-electron chi connectivity index (χ0n) is 20.7. The lowest BCUT2D eigenvalue weighted by molar-refractivity contribution is -0.113. The van der Waals surface area contributed by atoms with Crippen LogP contribution in [-0.4, -0.2) is 28.3 Å². The van der Waals surface area contributed by atoms with Crippen LogP contribution in [0.5, 0.6) is 11.5 Å². The molecule has 5 rings (SSSR count). The minimum Gasteiger partial charge on any atom is -0.497 e. The maximum absolute atomic E-state index is 13.4. The topological polar surface area (TPSA) is 82.4 Å². The molecule has 0 bridgehead atoms. The highest BCUT2D eigenvalue weighted by Crippen LogP contribution is 2.23. The van der Waals surface area contributed by atoms with Crippen LogP contribution in [0.25, 0.3) is 16.6 Å². The first-order valence-corrected chi connectivity index (χ1v) is 12.9. The Bertz CT molecular complexity index is 1600. The van der Waals surface area contributed by atoms with E-state index in [4.69, 9.17) is 9.47 Å². The second kappa shape index (κ2) is 11.7. The van der Waals surface area contributed by atoms with Crippen LogP contribution in [0.15, 0.2) is 113 Å². The van der Waals surface area contributed by atoms with Gasteiger partial charge in [0.15, 0.2) is 5.16 Å². The van der Waals surface area contributed by atoms with Gasteiger partial charge in [-0.2, -0.15) is 0 Å². The van der Waals surface area contributed by atoms with E-state index in [0.717, 1.165) is 5.56 Å². The van der Waals surface area contributed by atoms with Crippen LogP contribution < -0.4 is 20.3 Å². The number of nitrogens with zero attached hydrogens (tertiary/aromatic N) is 2. The zero-order valence-corrected chi connectivity index (χ0v) is 21.5. The molecule has 0 saturated carbocycles. The van der Waals surface area contributed by atoms with Gasteiger partial charge in [0.25, 0.3) is 5.56 Å². The number of anilines is 1. The molecule has 0 radical (unpaired) electrons. The molecule has 1 heterocycles. The van der Waals surface area contributed by atoms with Crippen molar-refractivity contribution < 1.29 is 14.3 Å². The standard InChI is InChI=1S/C30H25N3O4S/c1-36-24-17-13-23(14-18-24)33-29(35)26-9-5-6-10-27(26)32-30(33)38-20-28(34)31-22-11-15-25(16-12-22)37-19-21-7-3-2-4-8-21/h2-18H,19-20H2,1H3,(H,31,34). The Labute approximate surface area is 224 Å². The van der Waals surface area contributed by atoms with E-state index in [2.05, 4.69) is 10.3 Å². The number of para-hydroxylation sites is 1. The number of rotatable bonds is 9. The Hall–Kier alpha value is -4.56. The van der Waals surface area contributed by atoms with Crippen molar-refractivity contribution >= 4 is 34.3 Å². The average molecular weight is 524 g/mol. The smallest absolute Gasteiger partial charge is 0.266 e. The van der Waals surface area contributed by atoms with Crippen molar-refractivity contribution in [2.45, 2.75) is 11.8 Å². The van der Waals surface area contributed by atoms with Gasteiger partial charge in [-0.1, -0.05) is 54.2 Å². The van der Waals surface area contributed by atoms with Crippen LogP contribution in [0.3, 0.4) is 0 Å². The predicted molar refractivity (Wildman–Crippen MR) is 150 cm³/mol. The number of carbonyl (C=O) groups is 1. The van der Waals surface area contributed by atoms with Crippen LogP contribution in [0.1, 0.15) is 5.56 Å². The summed E-state index contributed by atoms with van der Waals surface area (Å²) in [5.74, 6) is 1.26. The maximum atomic E-state index is 13.4. The van der Waals surface area contributed by atoms with Gasteiger partial charge in [-0.3, -0.25) is 14.2 Å². The summed E-state index contributed by atoms with van der Waals surface area (Å²) in [6.45, 7) is 0.470. The second-order valence-corrected chi connectivity index (χ2v) is 9.33. The molecule has 7 nitrogen and oxygen atoms in total. The molecular weight excluding hydrogens is 498 g/mol. The first-order chi connectivity index (χ1) is 18.6. The van der Waals surface area contributed by atoms with Crippen LogP contribution in [-0.2, 0) is 11.4 Å². The summed E-state index contributed by atoms with van der Waals surface area (Å²) in [7, 11) is 1.59. The third kappa shape index (κ3) is 5.87. The normalized spacial score (nSPS) is 10.8. The van der Waals surface area contributed by atoms with E-state index in [1.54, 1.807) is 55.6 Å². The molecule has 38 heavy (non-hydrogen) atoms. The molecule has 0 atom stereocenters. The van der Waals surface area contributed by atoms with Gasteiger partial charge in [-0.15, -0.1) is 0 Å². The first kappa shape index (κ1) is 25.1. The van der Waals surface area contributed by atoms with Gasteiger partial charge >= 0.3 is 0 Å². The number of ether oxygens (including phenoxy) is 2. The van der Waals surface area contributed by atoms with E-state index in [-0.39, 0.29) is 17.2 Å².